The van der Waals surface area contributed by atoms with Crippen molar-refractivity contribution in [3.63, 3.8) is 0 Å². The highest BCUT2D eigenvalue weighted by molar-refractivity contribution is 5.53. The molecule has 0 radical (unpaired) electrons. The van der Waals surface area contributed by atoms with E-state index in [9.17, 15) is 4.39 Å². The highest BCUT2D eigenvalue weighted by Gasteiger charge is 2.32. The number of hydrogen-bond donors (Lipinski definition) is 1. The molecule has 64 valence electrons. The maximum absolute atomic E-state index is 12.5. The first-order chi connectivity index (χ1) is 5.81. The lowest BCUT2D eigenvalue weighted by atomic mass is 10.3. The van der Waals surface area contributed by atoms with Crippen LogP contribution in [0.1, 0.15) is 0 Å². The molecule has 2 N–H and O–H groups in total. The molecule has 12 heavy (non-hydrogen) atoms. The van der Waals surface area contributed by atoms with Crippen LogP contribution in [-0.4, -0.2) is 19.1 Å². The molecule has 1 saturated heterocycles. The Morgan fingerprint density at radius 3 is 2.58 bits per heavy atom. The first kappa shape index (κ1) is 7.55. The van der Waals surface area contributed by atoms with Crippen LogP contribution in [0.15, 0.2) is 24.3 Å². The molecule has 0 aliphatic carbocycles. The Hall–Kier alpha value is -1.09. The van der Waals surface area contributed by atoms with Crippen LogP contribution in [0.2, 0.25) is 0 Å². The summed E-state index contributed by atoms with van der Waals surface area (Å²) in [5, 5.41) is 0. The average Bonchev–Trinajstić information content (AvgIpc) is 2.85. The maximum atomic E-state index is 12.5. The third-order valence-electron chi connectivity index (χ3n) is 2.14. The second-order valence-electron chi connectivity index (χ2n) is 3.02. The Morgan fingerprint density at radius 1 is 1.42 bits per heavy atom. The molecule has 1 atom stereocenters. The monoisotopic (exact) mass is 166 g/mol. The van der Waals surface area contributed by atoms with E-state index in [0.717, 1.165) is 12.2 Å². The van der Waals surface area contributed by atoms with Gasteiger partial charge in [0.25, 0.3) is 0 Å². The van der Waals surface area contributed by atoms with Crippen molar-refractivity contribution < 1.29 is 4.39 Å². The summed E-state index contributed by atoms with van der Waals surface area (Å²) >= 11 is 0. The minimum atomic E-state index is -0.190. The summed E-state index contributed by atoms with van der Waals surface area (Å²) in [6, 6.07) is 6.98. The average molecular weight is 166 g/mol. The molecule has 0 aromatic heterocycles. The predicted molar refractivity (Wildman–Crippen MR) is 46.6 cm³/mol. The Labute approximate surface area is 70.8 Å². The summed E-state index contributed by atoms with van der Waals surface area (Å²) in [6.45, 7) is 1.68. The maximum Gasteiger partial charge on any atom is 0.123 e. The molecule has 0 bridgehead atoms. The van der Waals surface area contributed by atoms with E-state index in [1.165, 1.54) is 12.1 Å². The largest absolute Gasteiger partial charge is 0.363 e. The van der Waals surface area contributed by atoms with Crippen LogP contribution in [-0.2, 0) is 0 Å². The number of anilines is 1. The zero-order valence-electron chi connectivity index (χ0n) is 6.70. The molecule has 0 saturated carbocycles. The normalized spacial score (nSPS) is 21.2. The molecule has 1 aromatic rings. The third-order valence-corrected chi connectivity index (χ3v) is 2.14. The Bertz CT molecular complexity index is 270. The highest BCUT2D eigenvalue weighted by Crippen LogP contribution is 2.26. The van der Waals surface area contributed by atoms with E-state index >= 15 is 0 Å². The number of halogens is 1. The van der Waals surface area contributed by atoms with Gasteiger partial charge in [-0.25, -0.2) is 4.39 Å². The Balaban J connectivity index is 2.10. The highest BCUT2D eigenvalue weighted by atomic mass is 19.1. The van der Waals surface area contributed by atoms with Crippen molar-refractivity contribution in [2.45, 2.75) is 6.04 Å². The Morgan fingerprint density at radius 2 is 2.08 bits per heavy atom. The van der Waals surface area contributed by atoms with Crippen molar-refractivity contribution in [2.75, 3.05) is 18.0 Å². The predicted octanol–water partition coefficient (Wildman–Crippen LogP) is 0.973. The third kappa shape index (κ3) is 1.28. The molecule has 1 aromatic carbocycles. The molecule has 1 aliphatic heterocycles. The van der Waals surface area contributed by atoms with Crippen LogP contribution in [0.5, 0.6) is 0 Å². The second kappa shape index (κ2) is 2.75. The van der Waals surface area contributed by atoms with Crippen molar-refractivity contribution in [3.8, 4) is 0 Å². The minimum Gasteiger partial charge on any atom is -0.363 e. The number of nitrogens with zero attached hydrogens (tertiary/aromatic N) is 1. The van der Waals surface area contributed by atoms with Crippen molar-refractivity contribution in [1.82, 2.24) is 0 Å². The second-order valence-corrected chi connectivity index (χ2v) is 3.02. The van der Waals surface area contributed by atoms with Crippen molar-refractivity contribution >= 4 is 5.69 Å². The number of rotatable bonds is 2. The smallest absolute Gasteiger partial charge is 0.123 e. The zero-order chi connectivity index (χ0) is 8.55. The lowest BCUT2D eigenvalue weighted by molar-refractivity contribution is 0.628. The van der Waals surface area contributed by atoms with Gasteiger partial charge in [0.1, 0.15) is 5.82 Å². The summed E-state index contributed by atoms with van der Waals surface area (Å²) in [5.74, 6) is -0.190. The molecule has 1 aliphatic rings. The van der Waals surface area contributed by atoms with Gasteiger partial charge in [-0.15, -0.1) is 0 Å². The van der Waals surface area contributed by atoms with Crippen molar-refractivity contribution in [2.24, 2.45) is 5.73 Å². The summed E-state index contributed by atoms with van der Waals surface area (Å²) in [5.41, 5.74) is 6.54. The molecule has 2 rings (SSSR count). The molecule has 1 unspecified atom stereocenters. The van der Waals surface area contributed by atoms with Gasteiger partial charge in [-0.05, 0) is 24.3 Å². The van der Waals surface area contributed by atoms with Crippen LogP contribution in [0.25, 0.3) is 0 Å². The Kier molecular flexibility index (Phi) is 1.73. The van der Waals surface area contributed by atoms with Gasteiger partial charge >= 0.3 is 0 Å². The fourth-order valence-electron chi connectivity index (χ4n) is 1.33. The summed E-state index contributed by atoms with van der Waals surface area (Å²) < 4.78 is 12.5. The molecular formula is C9H11FN2. The van der Waals surface area contributed by atoms with Crippen LogP contribution >= 0.6 is 0 Å². The summed E-state index contributed by atoms with van der Waals surface area (Å²) in [6.07, 6.45) is 0. The lowest BCUT2D eigenvalue weighted by Crippen LogP contribution is -2.11. The van der Waals surface area contributed by atoms with Crippen LogP contribution in [0, 0.1) is 5.82 Å². The van der Waals surface area contributed by atoms with Gasteiger partial charge in [0.05, 0.1) is 6.04 Å². The summed E-state index contributed by atoms with van der Waals surface area (Å²) in [7, 11) is 0. The molecule has 1 fully saturated rings. The SMILES string of the molecule is NCC1CN1c1ccc(F)cc1. The van der Waals surface area contributed by atoms with Gasteiger partial charge in [-0.2, -0.15) is 0 Å². The van der Waals surface area contributed by atoms with Gasteiger partial charge in [0.15, 0.2) is 0 Å². The molecule has 0 spiro atoms. The van der Waals surface area contributed by atoms with Crippen LogP contribution in [0.4, 0.5) is 10.1 Å². The first-order valence-electron chi connectivity index (χ1n) is 4.03. The van der Waals surface area contributed by atoms with Crippen molar-refractivity contribution in [3.05, 3.63) is 30.1 Å². The van der Waals surface area contributed by atoms with Gasteiger partial charge in [0.2, 0.25) is 0 Å². The molecule has 0 amide bonds. The fourth-order valence-corrected chi connectivity index (χ4v) is 1.33. The number of nitrogens with two attached hydrogens (primary N) is 1. The molecule has 1 heterocycles. The molecule has 2 nitrogen and oxygen atoms in total. The van der Waals surface area contributed by atoms with Crippen LogP contribution in [0.3, 0.4) is 0 Å². The van der Waals surface area contributed by atoms with E-state index in [4.69, 9.17) is 5.73 Å². The van der Waals surface area contributed by atoms with Crippen molar-refractivity contribution in [1.29, 1.82) is 0 Å². The van der Waals surface area contributed by atoms with E-state index in [-0.39, 0.29) is 5.82 Å². The lowest BCUT2D eigenvalue weighted by Gasteiger charge is -2.03. The van der Waals surface area contributed by atoms with E-state index in [1.807, 2.05) is 0 Å². The van der Waals surface area contributed by atoms with Gasteiger partial charge < -0.3 is 10.6 Å². The minimum absolute atomic E-state index is 0.190. The molecule has 3 heteroatoms. The molecular weight excluding hydrogens is 155 g/mol. The van der Waals surface area contributed by atoms with E-state index in [0.29, 0.717) is 12.6 Å². The van der Waals surface area contributed by atoms with Gasteiger partial charge in [-0.1, -0.05) is 0 Å². The van der Waals surface area contributed by atoms with Gasteiger partial charge in [0, 0.05) is 18.8 Å². The summed E-state index contributed by atoms with van der Waals surface area (Å²) in [4.78, 5) is 2.15. The van der Waals surface area contributed by atoms with E-state index in [2.05, 4.69) is 4.90 Å². The van der Waals surface area contributed by atoms with E-state index < -0.39 is 0 Å². The topological polar surface area (TPSA) is 29.0 Å². The standard InChI is InChI=1S/C9H11FN2/c10-7-1-3-8(4-2-7)12-6-9(12)5-11/h1-4,9H,5-6,11H2. The van der Waals surface area contributed by atoms with Gasteiger partial charge in [-0.3, -0.25) is 0 Å². The first-order valence-corrected chi connectivity index (χ1v) is 4.03. The number of benzene rings is 1. The quantitative estimate of drug-likeness (QED) is 0.663. The van der Waals surface area contributed by atoms with E-state index in [1.54, 1.807) is 12.1 Å². The fraction of sp³-hybridized carbons (Fsp3) is 0.333. The van der Waals surface area contributed by atoms with Crippen LogP contribution < -0.4 is 10.6 Å². The zero-order valence-corrected chi connectivity index (χ0v) is 6.70. The number of hydrogen-bond acceptors (Lipinski definition) is 2.